The molecule has 3 fully saturated rings. The Hall–Kier alpha value is -2.22. The van der Waals surface area contributed by atoms with Crippen molar-refractivity contribution >= 4 is 54.9 Å². The lowest BCUT2D eigenvalue weighted by molar-refractivity contribution is -0.153. The lowest BCUT2D eigenvalue weighted by Crippen LogP contribution is -2.58. The third-order valence-corrected chi connectivity index (χ3v) is 14.4. The Balaban J connectivity index is 1.62. The second kappa shape index (κ2) is 14.7. The van der Waals surface area contributed by atoms with E-state index in [2.05, 4.69) is 0 Å². The van der Waals surface area contributed by atoms with Crippen molar-refractivity contribution in [1.82, 2.24) is 14.1 Å². The van der Waals surface area contributed by atoms with Gasteiger partial charge in [0.25, 0.3) is 0 Å². The van der Waals surface area contributed by atoms with E-state index in [1.165, 1.54) is 4.31 Å². The van der Waals surface area contributed by atoms with Gasteiger partial charge in [0.2, 0.25) is 21.8 Å². The smallest absolute Gasteiger partial charge is 0.226 e. The maximum absolute atomic E-state index is 15.0. The molecule has 2 N–H and O–H groups in total. The molecule has 2 aliphatic heterocycles. The zero-order chi connectivity index (χ0) is 34.1. The molecule has 14 heteroatoms. The van der Waals surface area contributed by atoms with Crippen LogP contribution in [0, 0.1) is 11.8 Å². The number of hydrogen-bond acceptors (Lipinski definition) is 7. The van der Waals surface area contributed by atoms with Crippen LogP contribution in [0.5, 0.6) is 0 Å². The Bertz CT molecular complexity index is 1660. The van der Waals surface area contributed by atoms with Crippen LogP contribution in [0.2, 0.25) is 10.0 Å². The first kappa shape index (κ1) is 36.1. The summed E-state index contributed by atoms with van der Waals surface area (Å²) in [6, 6.07) is 13.6. The summed E-state index contributed by atoms with van der Waals surface area (Å²) in [5, 5.41) is 0.639. The number of nitrogens with two attached hydrogens (primary N) is 1. The van der Waals surface area contributed by atoms with E-state index in [0.717, 1.165) is 11.1 Å². The molecule has 0 radical (unpaired) electrons. The van der Waals surface area contributed by atoms with E-state index in [0.29, 0.717) is 55.4 Å². The first-order valence-electron chi connectivity index (χ1n) is 16.2. The van der Waals surface area contributed by atoms with Gasteiger partial charge < -0.3 is 15.5 Å². The molecule has 0 aromatic heterocycles. The van der Waals surface area contributed by atoms with Crippen molar-refractivity contribution in [2.24, 2.45) is 17.6 Å². The largest absolute Gasteiger partial charge is 0.370 e. The highest BCUT2D eigenvalue weighted by Crippen LogP contribution is 2.52. The normalized spacial score (nSPS) is 26.0. The molecule has 2 amide bonds. The van der Waals surface area contributed by atoms with E-state index >= 15 is 4.79 Å². The van der Waals surface area contributed by atoms with E-state index < -0.39 is 60.9 Å². The van der Waals surface area contributed by atoms with Crippen LogP contribution in [-0.2, 0) is 29.4 Å². The molecule has 5 atom stereocenters. The number of benzene rings is 2. The summed E-state index contributed by atoms with van der Waals surface area (Å²) in [6.07, 6.45) is 2.08. The summed E-state index contributed by atoms with van der Waals surface area (Å²) in [6.45, 7) is 3.28. The molecule has 10 nitrogen and oxygen atoms in total. The van der Waals surface area contributed by atoms with Crippen LogP contribution in [-0.4, -0.2) is 98.8 Å². The van der Waals surface area contributed by atoms with Crippen LogP contribution in [0.25, 0.3) is 0 Å². The Morgan fingerprint density at radius 3 is 2.28 bits per heavy atom. The van der Waals surface area contributed by atoms with Crippen LogP contribution < -0.4 is 5.73 Å². The molecule has 258 valence electrons. The third-order valence-electron chi connectivity index (χ3n) is 9.98. The zero-order valence-electron chi connectivity index (χ0n) is 26.8. The van der Waals surface area contributed by atoms with Gasteiger partial charge in [0.15, 0.2) is 9.84 Å². The highest BCUT2D eigenvalue weighted by Gasteiger charge is 2.52. The average Bonchev–Trinajstić information content (AvgIpc) is 3.87. The number of likely N-dealkylation sites (tertiary alicyclic amines) is 1. The summed E-state index contributed by atoms with van der Waals surface area (Å²) in [7, 11) is -5.03. The number of carbonyl (C=O) groups excluding carboxylic acids is 2. The van der Waals surface area contributed by atoms with Gasteiger partial charge in [-0.25, -0.2) is 21.1 Å². The van der Waals surface area contributed by atoms with Gasteiger partial charge in [-0.1, -0.05) is 54.4 Å². The predicted octanol–water partition coefficient (Wildman–Crippen LogP) is 4.09. The van der Waals surface area contributed by atoms with Crippen molar-refractivity contribution in [2.75, 3.05) is 44.7 Å². The molecule has 3 aliphatic rings. The lowest BCUT2D eigenvalue weighted by Gasteiger charge is -2.52. The second-order valence-corrected chi connectivity index (χ2v) is 18.6. The van der Waals surface area contributed by atoms with Gasteiger partial charge in [-0.2, -0.15) is 0 Å². The van der Waals surface area contributed by atoms with E-state index in [9.17, 15) is 21.6 Å². The van der Waals surface area contributed by atoms with Gasteiger partial charge >= 0.3 is 0 Å². The molecule has 2 aromatic rings. The summed E-state index contributed by atoms with van der Waals surface area (Å²) < 4.78 is 52.1. The molecule has 0 bridgehead atoms. The van der Waals surface area contributed by atoms with Crippen LogP contribution >= 0.6 is 23.2 Å². The zero-order valence-corrected chi connectivity index (χ0v) is 29.9. The molecule has 47 heavy (non-hydrogen) atoms. The Labute approximate surface area is 288 Å². The quantitative estimate of drug-likeness (QED) is 0.328. The molecular formula is C33H44Cl2N4O6S2. The van der Waals surface area contributed by atoms with Crippen molar-refractivity contribution in [3.63, 3.8) is 0 Å². The molecule has 5 rings (SSSR count). The highest BCUT2D eigenvalue weighted by atomic mass is 35.5. The fourth-order valence-electron chi connectivity index (χ4n) is 7.32. The molecule has 0 spiro atoms. The predicted molar refractivity (Wildman–Crippen MR) is 184 cm³/mol. The maximum Gasteiger partial charge on any atom is 0.226 e. The van der Waals surface area contributed by atoms with E-state index in [4.69, 9.17) is 28.9 Å². The molecule has 5 unspecified atom stereocenters. The van der Waals surface area contributed by atoms with Gasteiger partial charge in [0.1, 0.15) is 0 Å². The Morgan fingerprint density at radius 2 is 1.70 bits per heavy atom. The molecule has 1 saturated carbocycles. The maximum atomic E-state index is 15.0. The average molecular weight is 728 g/mol. The van der Waals surface area contributed by atoms with Crippen LogP contribution in [0.1, 0.15) is 62.1 Å². The van der Waals surface area contributed by atoms with Crippen LogP contribution in [0.3, 0.4) is 0 Å². The number of primary amides is 1. The van der Waals surface area contributed by atoms with Crippen molar-refractivity contribution in [1.29, 1.82) is 0 Å². The van der Waals surface area contributed by atoms with Gasteiger partial charge in [-0.3, -0.25) is 9.59 Å². The minimum Gasteiger partial charge on any atom is -0.370 e. The standard InChI is InChI=1S/C33H44Cl2N4O6S2/c1-3-26(21-37(2)47(44,45)27-11-12-27)39-32(22-7-9-24(34)10-8-22)31(23-5-4-6-25(35)19-23)29(20-30(36)40)28(33(39)41)13-14-38-15-17-46(42,43)18-16-38/h4-10,19,26-29,31-32H,3,11-18,20-21H2,1-2H3,(H2,36,40). The topological polar surface area (TPSA) is 138 Å². The molecule has 1 aliphatic carbocycles. The van der Waals surface area contributed by atoms with Gasteiger partial charge in [-0.15, -0.1) is 0 Å². The monoisotopic (exact) mass is 726 g/mol. The Morgan fingerprint density at radius 1 is 1.04 bits per heavy atom. The molecule has 2 aromatic carbocycles. The fraction of sp³-hybridized carbons (Fsp3) is 0.576. The van der Waals surface area contributed by atoms with Crippen molar-refractivity contribution < 1.29 is 26.4 Å². The minimum absolute atomic E-state index is 0.0490. The van der Waals surface area contributed by atoms with Gasteiger partial charge in [0, 0.05) is 61.0 Å². The second-order valence-electron chi connectivity index (χ2n) is 13.1. The van der Waals surface area contributed by atoms with Crippen LogP contribution in [0.15, 0.2) is 48.5 Å². The van der Waals surface area contributed by atoms with Gasteiger partial charge in [-0.05, 0) is 73.5 Å². The third kappa shape index (κ3) is 8.33. The summed E-state index contributed by atoms with van der Waals surface area (Å²) in [5.74, 6) is -2.16. The lowest BCUT2D eigenvalue weighted by atomic mass is 9.65. The van der Waals surface area contributed by atoms with Crippen molar-refractivity contribution in [2.45, 2.75) is 62.3 Å². The van der Waals surface area contributed by atoms with Gasteiger partial charge in [0.05, 0.1) is 22.8 Å². The number of piperidine rings is 1. The van der Waals surface area contributed by atoms with Crippen molar-refractivity contribution in [3.8, 4) is 0 Å². The van der Waals surface area contributed by atoms with Crippen LogP contribution in [0.4, 0.5) is 0 Å². The minimum atomic E-state index is -3.52. The first-order chi connectivity index (χ1) is 22.2. The summed E-state index contributed by atoms with van der Waals surface area (Å²) in [4.78, 5) is 31.6. The fourth-order valence-corrected chi connectivity index (χ4v) is 10.5. The number of hydrogen-bond donors (Lipinski definition) is 1. The van der Waals surface area contributed by atoms with E-state index in [1.54, 1.807) is 25.2 Å². The van der Waals surface area contributed by atoms with E-state index in [-0.39, 0.29) is 30.4 Å². The number of likely N-dealkylation sites (N-methyl/N-ethyl adjacent to an activating group) is 1. The highest BCUT2D eigenvalue weighted by molar-refractivity contribution is 7.91. The first-order valence-corrected chi connectivity index (χ1v) is 20.3. The number of amides is 2. The Kier molecular flexibility index (Phi) is 11.3. The number of halogens is 2. The SMILES string of the molecule is CCC(CN(C)S(=O)(=O)C1CC1)N1C(=O)C(CCN2CCS(=O)(=O)CC2)C(CC(N)=O)C(c2cccc(Cl)c2)C1c1ccc(Cl)cc1. The number of nitrogens with zero attached hydrogens (tertiary/aromatic N) is 3. The summed E-state index contributed by atoms with van der Waals surface area (Å²) >= 11 is 12.9. The molecule has 2 heterocycles. The number of sulfone groups is 1. The number of sulfonamides is 1. The summed E-state index contributed by atoms with van der Waals surface area (Å²) in [5.41, 5.74) is 7.52. The number of carbonyl (C=O) groups is 2. The number of rotatable bonds is 13. The molecule has 2 saturated heterocycles. The van der Waals surface area contributed by atoms with Crippen molar-refractivity contribution in [3.05, 3.63) is 69.7 Å². The van der Waals surface area contributed by atoms with E-state index in [1.807, 2.05) is 47.1 Å². The molecular weight excluding hydrogens is 683 g/mol.